The molecule has 1 unspecified atom stereocenters. The van der Waals surface area contributed by atoms with Crippen LogP contribution in [0.25, 0.3) is 10.6 Å². The molecular formula is C20H21N3O3S. The van der Waals surface area contributed by atoms with Crippen molar-refractivity contribution in [1.29, 1.82) is 0 Å². The Morgan fingerprint density at radius 3 is 3.07 bits per heavy atom. The van der Waals surface area contributed by atoms with Crippen molar-refractivity contribution in [3.63, 3.8) is 0 Å². The van der Waals surface area contributed by atoms with E-state index in [1.807, 2.05) is 24.3 Å². The first-order valence-corrected chi connectivity index (χ1v) is 9.70. The van der Waals surface area contributed by atoms with E-state index in [-0.39, 0.29) is 11.9 Å². The number of ether oxygens (including phenoxy) is 2. The molecule has 2 aromatic heterocycles. The van der Waals surface area contributed by atoms with E-state index in [2.05, 4.69) is 15.3 Å². The van der Waals surface area contributed by atoms with Gasteiger partial charge in [0, 0.05) is 36.8 Å². The van der Waals surface area contributed by atoms with E-state index in [1.54, 1.807) is 36.9 Å². The van der Waals surface area contributed by atoms with Crippen LogP contribution in [0, 0.1) is 0 Å². The van der Waals surface area contributed by atoms with Crippen LogP contribution in [0.3, 0.4) is 0 Å². The lowest BCUT2D eigenvalue weighted by atomic mass is 10.2. The van der Waals surface area contributed by atoms with Crippen LogP contribution in [-0.4, -0.2) is 46.3 Å². The average Bonchev–Trinajstić information content (AvgIpc) is 3.33. The molecule has 1 N–H and O–H groups in total. The second-order valence-corrected chi connectivity index (χ2v) is 7.34. The number of likely N-dealkylation sites (tertiary alicyclic amines) is 1. The maximum atomic E-state index is 9.74. The predicted molar refractivity (Wildman–Crippen MR) is 104 cm³/mol. The average molecular weight is 383 g/mol. The van der Waals surface area contributed by atoms with Crippen LogP contribution in [0.1, 0.15) is 12.1 Å². The van der Waals surface area contributed by atoms with Gasteiger partial charge in [-0.1, -0.05) is 0 Å². The van der Waals surface area contributed by atoms with E-state index in [1.165, 1.54) is 0 Å². The molecule has 1 atom stereocenters. The number of aromatic nitrogens is 2. The van der Waals surface area contributed by atoms with Crippen LogP contribution in [0.2, 0.25) is 0 Å². The normalized spacial score (nSPS) is 17.1. The highest BCUT2D eigenvalue weighted by atomic mass is 32.1. The summed E-state index contributed by atoms with van der Waals surface area (Å²) in [7, 11) is 1.55. The van der Waals surface area contributed by atoms with Crippen molar-refractivity contribution in [2.45, 2.75) is 19.1 Å². The van der Waals surface area contributed by atoms with E-state index < -0.39 is 0 Å². The highest BCUT2D eigenvalue weighted by Crippen LogP contribution is 2.33. The number of hydrogen-bond acceptors (Lipinski definition) is 7. The van der Waals surface area contributed by atoms with E-state index in [4.69, 9.17) is 14.5 Å². The second-order valence-electron chi connectivity index (χ2n) is 6.48. The Kier molecular flexibility index (Phi) is 5.22. The number of aromatic hydroxyl groups is 1. The minimum absolute atomic E-state index is 0.134. The van der Waals surface area contributed by atoms with Gasteiger partial charge in [0.05, 0.1) is 19.0 Å². The zero-order valence-electron chi connectivity index (χ0n) is 15.0. The Labute approximate surface area is 162 Å². The minimum atomic E-state index is 0.134. The van der Waals surface area contributed by atoms with Crippen LogP contribution in [0.4, 0.5) is 0 Å². The Hall–Kier alpha value is -2.64. The van der Waals surface area contributed by atoms with Crippen LogP contribution < -0.4 is 9.47 Å². The van der Waals surface area contributed by atoms with E-state index in [0.717, 1.165) is 48.1 Å². The van der Waals surface area contributed by atoms with Gasteiger partial charge in [0.25, 0.3) is 0 Å². The Balaban J connectivity index is 1.37. The highest BCUT2D eigenvalue weighted by Gasteiger charge is 2.24. The van der Waals surface area contributed by atoms with Crippen LogP contribution in [0.15, 0.2) is 48.1 Å². The number of nitrogens with zero attached hydrogens (tertiary/aromatic N) is 3. The first-order valence-electron chi connectivity index (χ1n) is 8.82. The van der Waals surface area contributed by atoms with Crippen LogP contribution in [-0.2, 0) is 6.54 Å². The van der Waals surface area contributed by atoms with Crippen molar-refractivity contribution in [3.05, 3.63) is 53.8 Å². The number of benzene rings is 1. The third kappa shape index (κ3) is 4.20. The Bertz CT molecular complexity index is 900. The quantitative estimate of drug-likeness (QED) is 0.702. The van der Waals surface area contributed by atoms with Crippen molar-refractivity contribution >= 4 is 11.3 Å². The Morgan fingerprint density at radius 1 is 1.33 bits per heavy atom. The SMILES string of the molecule is COc1cc(-c2nc(CN3CCC(Oc4cccnc4)C3)cs2)ccc1O. The number of thiazole rings is 1. The summed E-state index contributed by atoms with van der Waals surface area (Å²) < 4.78 is 11.2. The van der Waals surface area contributed by atoms with Gasteiger partial charge in [0.15, 0.2) is 11.5 Å². The van der Waals surface area contributed by atoms with Crippen molar-refractivity contribution in [1.82, 2.24) is 14.9 Å². The number of methoxy groups -OCH3 is 1. The highest BCUT2D eigenvalue weighted by molar-refractivity contribution is 7.13. The van der Waals surface area contributed by atoms with Crippen molar-refractivity contribution in [2.24, 2.45) is 0 Å². The van der Waals surface area contributed by atoms with Crippen LogP contribution in [0.5, 0.6) is 17.2 Å². The van der Waals surface area contributed by atoms with Gasteiger partial charge in [-0.2, -0.15) is 0 Å². The molecule has 140 valence electrons. The van der Waals surface area contributed by atoms with Crippen molar-refractivity contribution in [3.8, 4) is 27.8 Å². The maximum absolute atomic E-state index is 9.74. The monoisotopic (exact) mass is 383 g/mol. The van der Waals surface area contributed by atoms with Gasteiger partial charge in [0.1, 0.15) is 16.9 Å². The molecule has 0 amide bonds. The molecule has 4 rings (SSSR count). The molecule has 1 fully saturated rings. The van der Waals surface area contributed by atoms with Gasteiger partial charge >= 0.3 is 0 Å². The number of pyridine rings is 1. The predicted octanol–water partition coefficient (Wildman–Crippen LogP) is 3.57. The summed E-state index contributed by atoms with van der Waals surface area (Å²) in [6.07, 6.45) is 4.69. The van der Waals surface area contributed by atoms with Crippen LogP contribution >= 0.6 is 11.3 Å². The molecule has 27 heavy (non-hydrogen) atoms. The summed E-state index contributed by atoms with van der Waals surface area (Å²) in [5.74, 6) is 1.41. The Morgan fingerprint density at radius 2 is 2.26 bits per heavy atom. The maximum Gasteiger partial charge on any atom is 0.161 e. The standard InChI is InChI=1S/C20H21N3O3S/c1-25-19-9-14(4-5-18(19)24)20-22-15(13-27-20)11-23-8-6-17(12-23)26-16-3-2-7-21-10-16/h2-5,7,9-10,13,17,24H,6,8,11-12H2,1H3. The number of phenolic OH excluding ortho intramolecular Hbond substituents is 1. The van der Waals surface area contributed by atoms with Gasteiger partial charge in [-0.05, 0) is 36.8 Å². The second kappa shape index (κ2) is 7.94. The minimum Gasteiger partial charge on any atom is -0.504 e. The van der Waals surface area contributed by atoms with Gasteiger partial charge in [-0.15, -0.1) is 11.3 Å². The summed E-state index contributed by atoms with van der Waals surface area (Å²) in [4.78, 5) is 11.2. The molecule has 6 nitrogen and oxygen atoms in total. The summed E-state index contributed by atoms with van der Waals surface area (Å²) in [6.45, 7) is 2.68. The van der Waals surface area contributed by atoms with E-state index >= 15 is 0 Å². The summed E-state index contributed by atoms with van der Waals surface area (Å²) in [5.41, 5.74) is 1.99. The summed E-state index contributed by atoms with van der Waals surface area (Å²) >= 11 is 1.60. The molecule has 7 heteroatoms. The third-order valence-corrected chi connectivity index (χ3v) is 5.47. The number of rotatable bonds is 6. The van der Waals surface area contributed by atoms with Crippen molar-refractivity contribution < 1.29 is 14.6 Å². The van der Waals surface area contributed by atoms with Gasteiger partial charge in [-0.3, -0.25) is 9.88 Å². The lowest BCUT2D eigenvalue weighted by molar-refractivity contribution is 0.197. The zero-order valence-corrected chi connectivity index (χ0v) is 15.9. The molecule has 3 heterocycles. The molecule has 3 aromatic rings. The third-order valence-electron chi connectivity index (χ3n) is 4.53. The topological polar surface area (TPSA) is 67.7 Å². The van der Waals surface area contributed by atoms with Gasteiger partial charge in [0.2, 0.25) is 0 Å². The molecule has 0 spiro atoms. The molecule has 0 saturated carbocycles. The van der Waals surface area contributed by atoms with Crippen molar-refractivity contribution in [2.75, 3.05) is 20.2 Å². The van der Waals surface area contributed by atoms with Gasteiger partial charge in [-0.25, -0.2) is 4.98 Å². The van der Waals surface area contributed by atoms with Gasteiger partial charge < -0.3 is 14.6 Å². The lowest BCUT2D eigenvalue weighted by Crippen LogP contribution is -2.24. The molecule has 0 aliphatic carbocycles. The van der Waals surface area contributed by atoms with E-state index in [9.17, 15) is 5.11 Å². The van der Waals surface area contributed by atoms with E-state index in [0.29, 0.717) is 5.75 Å². The first kappa shape index (κ1) is 17.8. The number of phenols is 1. The zero-order chi connectivity index (χ0) is 18.6. The molecule has 1 aromatic carbocycles. The molecule has 0 radical (unpaired) electrons. The summed E-state index contributed by atoms with van der Waals surface area (Å²) in [6, 6.07) is 9.13. The molecular weight excluding hydrogens is 362 g/mol. The largest absolute Gasteiger partial charge is 0.504 e. The number of hydrogen-bond donors (Lipinski definition) is 1. The molecule has 1 saturated heterocycles. The molecule has 1 aliphatic heterocycles. The smallest absolute Gasteiger partial charge is 0.161 e. The molecule has 0 bridgehead atoms. The fraction of sp³-hybridized carbons (Fsp3) is 0.300. The summed E-state index contributed by atoms with van der Waals surface area (Å²) in [5, 5.41) is 12.8. The first-order chi connectivity index (χ1) is 13.2. The fourth-order valence-corrected chi connectivity index (χ4v) is 4.01. The molecule has 1 aliphatic rings. The lowest BCUT2D eigenvalue weighted by Gasteiger charge is -2.15. The fourth-order valence-electron chi connectivity index (χ4n) is 3.20.